The molecule has 0 saturated heterocycles. The van der Waals surface area contributed by atoms with E-state index in [4.69, 9.17) is 25.7 Å². The van der Waals surface area contributed by atoms with Crippen molar-refractivity contribution < 1.29 is 25.7 Å². The Bertz CT molecular complexity index is 353. The van der Waals surface area contributed by atoms with Crippen molar-refractivity contribution in [2.75, 3.05) is 0 Å². The first-order valence-corrected chi connectivity index (χ1v) is 3.47. The molecule has 0 radical (unpaired) electrons. The van der Waals surface area contributed by atoms with E-state index in [2.05, 4.69) is 5.16 Å². The minimum absolute atomic E-state index is 0.00259. The SMILES string of the molecule is O/N=C(\NO)c1cc(O)c(O)c(O)c1. The Morgan fingerprint density at radius 2 is 1.64 bits per heavy atom. The average Bonchev–Trinajstić information content (AvgIpc) is 2.16. The minimum atomic E-state index is -0.691. The van der Waals surface area contributed by atoms with E-state index in [-0.39, 0.29) is 11.4 Å². The Kier molecular flexibility index (Phi) is 2.63. The fourth-order valence-corrected chi connectivity index (χ4v) is 0.886. The van der Waals surface area contributed by atoms with Crippen LogP contribution >= 0.6 is 0 Å². The number of benzene rings is 1. The number of amidine groups is 1. The van der Waals surface area contributed by atoms with Crippen LogP contribution in [0.25, 0.3) is 0 Å². The van der Waals surface area contributed by atoms with Crippen LogP contribution in [0.2, 0.25) is 0 Å². The zero-order valence-electron chi connectivity index (χ0n) is 6.84. The molecular weight excluding hydrogens is 192 g/mol. The van der Waals surface area contributed by atoms with E-state index in [9.17, 15) is 0 Å². The summed E-state index contributed by atoms with van der Waals surface area (Å²) in [4.78, 5) is 0. The summed E-state index contributed by atoms with van der Waals surface area (Å²) < 4.78 is 0. The second-order valence-electron chi connectivity index (χ2n) is 2.42. The monoisotopic (exact) mass is 200 g/mol. The van der Waals surface area contributed by atoms with Crippen LogP contribution < -0.4 is 5.48 Å². The highest BCUT2D eigenvalue weighted by atomic mass is 16.5. The van der Waals surface area contributed by atoms with Gasteiger partial charge in [-0.2, -0.15) is 0 Å². The Morgan fingerprint density at radius 1 is 1.14 bits per heavy atom. The number of nitrogens with one attached hydrogen (secondary N) is 1. The average molecular weight is 200 g/mol. The molecule has 0 unspecified atom stereocenters. The zero-order chi connectivity index (χ0) is 10.7. The second kappa shape index (κ2) is 3.71. The van der Waals surface area contributed by atoms with E-state index in [0.29, 0.717) is 0 Å². The normalized spacial score (nSPS) is 11.4. The predicted molar refractivity (Wildman–Crippen MR) is 44.7 cm³/mol. The predicted octanol–water partition coefficient (Wildman–Crippen LogP) is -0.0820. The van der Waals surface area contributed by atoms with Gasteiger partial charge in [0.15, 0.2) is 23.1 Å². The molecule has 0 spiro atoms. The van der Waals surface area contributed by atoms with E-state index in [1.807, 2.05) is 0 Å². The molecule has 0 atom stereocenters. The lowest BCUT2D eigenvalue weighted by molar-refractivity contribution is 0.223. The molecule has 0 aromatic heterocycles. The summed E-state index contributed by atoms with van der Waals surface area (Å²) in [7, 11) is 0. The van der Waals surface area contributed by atoms with Gasteiger partial charge in [-0.05, 0) is 12.1 Å². The van der Waals surface area contributed by atoms with Crippen molar-refractivity contribution in [1.29, 1.82) is 0 Å². The standard InChI is InChI=1S/C7H8N2O5/c10-4-1-3(7(8-13)9-14)2-5(11)6(4)12/h1-2,10-14H,(H,8,9). The molecule has 0 heterocycles. The third kappa shape index (κ3) is 1.62. The number of hydrogen-bond donors (Lipinski definition) is 6. The minimum Gasteiger partial charge on any atom is -0.504 e. The van der Waals surface area contributed by atoms with E-state index in [1.54, 1.807) is 0 Å². The maximum atomic E-state index is 9.06. The van der Waals surface area contributed by atoms with Crippen molar-refractivity contribution in [1.82, 2.24) is 5.48 Å². The van der Waals surface area contributed by atoms with Gasteiger partial charge in [0.05, 0.1) is 0 Å². The topological polar surface area (TPSA) is 126 Å². The van der Waals surface area contributed by atoms with Crippen LogP contribution in [0.4, 0.5) is 0 Å². The highest BCUT2D eigenvalue weighted by molar-refractivity contribution is 5.98. The third-order valence-corrected chi connectivity index (χ3v) is 1.55. The summed E-state index contributed by atoms with van der Waals surface area (Å²) in [5.74, 6) is -2.27. The van der Waals surface area contributed by atoms with Crippen LogP contribution in [-0.4, -0.2) is 31.6 Å². The van der Waals surface area contributed by atoms with Crippen LogP contribution in [0.5, 0.6) is 17.2 Å². The maximum Gasteiger partial charge on any atom is 0.200 e. The van der Waals surface area contributed by atoms with Crippen LogP contribution in [0.15, 0.2) is 17.3 Å². The molecule has 1 rings (SSSR count). The van der Waals surface area contributed by atoms with E-state index in [1.165, 1.54) is 5.48 Å². The molecule has 0 aliphatic carbocycles. The largest absolute Gasteiger partial charge is 0.504 e. The highest BCUT2D eigenvalue weighted by Gasteiger charge is 2.11. The Morgan fingerprint density at radius 3 is 2.00 bits per heavy atom. The molecule has 6 N–H and O–H groups in total. The van der Waals surface area contributed by atoms with Crippen molar-refractivity contribution in [2.24, 2.45) is 5.16 Å². The fourth-order valence-electron chi connectivity index (χ4n) is 0.886. The number of nitrogens with zero attached hydrogens (tertiary/aromatic N) is 1. The molecule has 0 aliphatic heterocycles. The molecular formula is C7H8N2O5. The lowest BCUT2D eigenvalue weighted by atomic mass is 10.1. The van der Waals surface area contributed by atoms with E-state index in [0.717, 1.165) is 12.1 Å². The third-order valence-electron chi connectivity index (χ3n) is 1.55. The Hall–Kier alpha value is -2.15. The molecule has 7 heteroatoms. The fraction of sp³-hybridized carbons (Fsp3) is 0. The summed E-state index contributed by atoms with van der Waals surface area (Å²) in [6.45, 7) is 0. The maximum absolute atomic E-state index is 9.06. The van der Waals surface area contributed by atoms with E-state index >= 15 is 0 Å². The van der Waals surface area contributed by atoms with Crippen LogP contribution in [0.3, 0.4) is 0 Å². The molecule has 0 amide bonds. The Labute approximate surface area is 78.1 Å². The van der Waals surface area contributed by atoms with Crippen LogP contribution in [0.1, 0.15) is 5.56 Å². The number of hydrogen-bond acceptors (Lipinski definition) is 6. The van der Waals surface area contributed by atoms with Gasteiger partial charge >= 0.3 is 0 Å². The van der Waals surface area contributed by atoms with Gasteiger partial charge < -0.3 is 20.5 Å². The van der Waals surface area contributed by atoms with Crippen molar-refractivity contribution in [3.63, 3.8) is 0 Å². The molecule has 14 heavy (non-hydrogen) atoms. The lowest BCUT2D eigenvalue weighted by Crippen LogP contribution is -2.19. The summed E-state index contributed by atoms with van der Waals surface area (Å²) in [6, 6.07) is 1.99. The van der Waals surface area contributed by atoms with Crippen molar-refractivity contribution in [2.45, 2.75) is 0 Å². The van der Waals surface area contributed by atoms with Crippen LogP contribution in [-0.2, 0) is 0 Å². The number of phenols is 3. The summed E-state index contributed by atoms with van der Waals surface area (Å²) >= 11 is 0. The molecule has 1 aromatic carbocycles. The van der Waals surface area contributed by atoms with Gasteiger partial charge in [-0.15, -0.1) is 0 Å². The summed E-state index contributed by atoms with van der Waals surface area (Å²) in [5, 5.41) is 46.6. The smallest absolute Gasteiger partial charge is 0.200 e. The highest BCUT2D eigenvalue weighted by Crippen LogP contribution is 2.35. The quantitative estimate of drug-likeness (QED) is 0.124. The Balaban J connectivity index is 3.25. The number of oxime groups is 1. The second-order valence-corrected chi connectivity index (χ2v) is 2.42. The molecule has 0 saturated carbocycles. The molecule has 0 fully saturated rings. The first-order valence-electron chi connectivity index (χ1n) is 3.47. The van der Waals surface area contributed by atoms with Gasteiger partial charge in [0.2, 0.25) is 0 Å². The number of aromatic hydroxyl groups is 3. The molecule has 7 nitrogen and oxygen atoms in total. The van der Waals surface area contributed by atoms with Gasteiger partial charge in [0, 0.05) is 5.56 Å². The number of rotatable bonds is 1. The van der Waals surface area contributed by atoms with Gasteiger partial charge in [-0.3, -0.25) is 5.21 Å². The van der Waals surface area contributed by atoms with Crippen molar-refractivity contribution in [3.8, 4) is 17.2 Å². The molecule has 76 valence electrons. The van der Waals surface area contributed by atoms with E-state index < -0.39 is 17.2 Å². The first kappa shape index (κ1) is 9.93. The molecule has 0 bridgehead atoms. The van der Waals surface area contributed by atoms with Gasteiger partial charge in [0.1, 0.15) is 0 Å². The van der Waals surface area contributed by atoms with Gasteiger partial charge in [-0.1, -0.05) is 5.16 Å². The van der Waals surface area contributed by atoms with Gasteiger partial charge in [0.25, 0.3) is 0 Å². The zero-order valence-corrected chi connectivity index (χ0v) is 6.84. The summed E-state index contributed by atoms with van der Waals surface area (Å²) in [6.07, 6.45) is 0. The van der Waals surface area contributed by atoms with Crippen LogP contribution in [0, 0.1) is 0 Å². The number of phenolic OH excluding ortho intramolecular Hbond substituents is 3. The molecule has 1 aromatic rings. The van der Waals surface area contributed by atoms with Gasteiger partial charge in [-0.25, -0.2) is 5.48 Å². The summed E-state index contributed by atoms with van der Waals surface area (Å²) in [5.41, 5.74) is 1.54. The first-order chi connectivity index (χ1) is 6.60. The molecule has 0 aliphatic rings. The number of hydroxylamine groups is 1. The van der Waals surface area contributed by atoms with Crippen molar-refractivity contribution >= 4 is 5.84 Å². The van der Waals surface area contributed by atoms with Crippen molar-refractivity contribution in [3.05, 3.63) is 17.7 Å². The lowest BCUT2D eigenvalue weighted by Gasteiger charge is -2.05.